The van der Waals surface area contributed by atoms with Gasteiger partial charge in [0.15, 0.2) is 0 Å². The fourth-order valence-corrected chi connectivity index (χ4v) is 4.24. The van der Waals surface area contributed by atoms with Crippen LogP contribution in [0.15, 0.2) is 42.5 Å². The molecule has 0 spiro atoms. The van der Waals surface area contributed by atoms with Crippen molar-refractivity contribution in [2.24, 2.45) is 5.92 Å². The Morgan fingerprint density at radius 2 is 1.96 bits per heavy atom. The number of methoxy groups -OCH3 is 2. The van der Waals surface area contributed by atoms with Gasteiger partial charge in [-0.3, -0.25) is 9.69 Å². The van der Waals surface area contributed by atoms with Crippen LogP contribution in [0.5, 0.6) is 11.5 Å². The van der Waals surface area contributed by atoms with E-state index in [9.17, 15) is 4.79 Å². The minimum Gasteiger partial charge on any atom is -0.497 e. The van der Waals surface area contributed by atoms with Gasteiger partial charge in [-0.15, -0.1) is 0 Å². The first-order chi connectivity index (χ1) is 12.7. The van der Waals surface area contributed by atoms with E-state index < -0.39 is 0 Å². The number of ether oxygens (including phenoxy) is 2. The SMILES string of the molecule is COc1ccc(OC)c(CN2C[C@@H]3CNC(=O)c4ccccc4[C@H]3C2)c1. The van der Waals surface area contributed by atoms with Gasteiger partial charge >= 0.3 is 0 Å². The van der Waals surface area contributed by atoms with Crippen LogP contribution in [-0.2, 0) is 6.54 Å². The minimum absolute atomic E-state index is 0.0519. The second-order valence-corrected chi connectivity index (χ2v) is 7.04. The average Bonchev–Trinajstić information content (AvgIpc) is 3.03. The highest BCUT2D eigenvalue weighted by Crippen LogP contribution is 2.37. The Kier molecular flexibility index (Phi) is 4.55. The molecule has 2 aliphatic heterocycles. The van der Waals surface area contributed by atoms with E-state index >= 15 is 0 Å². The summed E-state index contributed by atoms with van der Waals surface area (Å²) in [5, 5.41) is 3.09. The number of amides is 1. The highest BCUT2D eigenvalue weighted by Gasteiger charge is 2.38. The molecule has 1 saturated heterocycles. The molecule has 0 unspecified atom stereocenters. The molecule has 5 nitrogen and oxygen atoms in total. The van der Waals surface area contributed by atoms with Crippen LogP contribution in [0.1, 0.15) is 27.4 Å². The predicted molar refractivity (Wildman–Crippen MR) is 99.8 cm³/mol. The number of carbonyl (C=O) groups is 1. The van der Waals surface area contributed by atoms with Crippen molar-refractivity contribution in [2.75, 3.05) is 33.9 Å². The summed E-state index contributed by atoms with van der Waals surface area (Å²) in [6.45, 7) is 3.43. The summed E-state index contributed by atoms with van der Waals surface area (Å²) in [6.07, 6.45) is 0. The van der Waals surface area contributed by atoms with Crippen molar-refractivity contribution in [1.82, 2.24) is 10.2 Å². The lowest BCUT2D eigenvalue weighted by atomic mass is 9.87. The maximum absolute atomic E-state index is 12.3. The lowest BCUT2D eigenvalue weighted by Crippen LogP contribution is -2.29. The first-order valence-corrected chi connectivity index (χ1v) is 9.00. The number of hydrogen-bond acceptors (Lipinski definition) is 4. The Hall–Kier alpha value is -2.53. The molecule has 0 bridgehead atoms. The molecule has 1 fully saturated rings. The van der Waals surface area contributed by atoms with Crippen molar-refractivity contribution < 1.29 is 14.3 Å². The maximum atomic E-state index is 12.3. The van der Waals surface area contributed by atoms with Crippen LogP contribution in [0.4, 0.5) is 0 Å². The zero-order valence-electron chi connectivity index (χ0n) is 15.2. The van der Waals surface area contributed by atoms with Gasteiger partial charge in [0.2, 0.25) is 0 Å². The van der Waals surface area contributed by atoms with Gasteiger partial charge in [-0.1, -0.05) is 18.2 Å². The molecule has 2 aromatic carbocycles. The Morgan fingerprint density at radius 1 is 1.12 bits per heavy atom. The third-order valence-electron chi connectivity index (χ3n) is 5.53. The van der Waals surface area contributed by atoms with Crippen molar-refractivity contribution in [1.29, 1.82) is 0 Å². The lowest BCUT2D eigenvalue weighted by molar-refractivity contribution is 0.0951. The summed E-state index contributed by atoms with van der Waals surface area (Å²) >= 11 is 0. The van der Waals surface area contributed by atoms with Crippen LogP contribution in [0.2, 0.25) is 0 Å². The minimum atomic E-state index is 0.0519. The summed E-state index contributed by atoms with van der Waals surface area (Å²) in [7, 11) is 3.38. The Morgan fingerprint density at radius 3 is 2.77 bits per heavy atom. The van der Waals surface area contributed by atoms with Crippen molar-refractivity contribution in [3.63, 3.8) is 0 Å². The Labute approximate surface area is 153 Å². The van der Waals surface area contributed by atoms with E-state index in [-0.39, 0.29) is 5.91 Å². The van der Waals surface area contributed by atoms with Crippen LogP contribution in [0.3, 0.4) is 0 Å². The molecule has 1 N–H and O–H groups in total. The monoisotopic (exact) mass is 352 g/mol. The quantitative estimate of drug-likeness (QED) is 0.919. The molecule has 0 saturated carbocycles. The molecule has 5 heteroatoms. The average molecular weight is 352 g/mol. The van der Waals surface area contributed by atoms with Crippen LogP contribution >= 0.6 is 0 Å². The molecule has 0 aromatic heterocycles. The summed E-state index contributed by atoms with van der Waals surface area (Å²) in [5.74, 6) is 2.58. The van der Waals surface area contributed by atoms with Crippen molar-refractivity contribution in [2.45, 2.75) is 12.5 Å². The topological polar surface area (TPSA) is 50.8 Å². The molecular weight excluding hydrogens is 328 g/mol. The van der Waals surface area contributed by atoms with Gasteiger partial charge in [0.25, 0.3) is 5.91 Å². The zero-order chi connectivity index (χ0) is 18.1. The largest absolute Gasteiger partial charge is 0.497 e. The van der Waals surface area contributed by atoms with Crippen molar-refractivity contribution >= 4 is 5.91 Å². The van der Waals surface area contributed by atoms with E-state index in [4.69, 9.17) is 9.47 Å². The molecule has 2 aromatic rings. The first kappa shape index (κ1) is 16.9. The van der Waals surface area contributed by atoms with Crippen LogP contribution in [-0.4, -0.2) is 44.7 Å². The van der Waals surface area contributed by atoms with Gasteiger partial charge in [0.05, 0.1) is 14.2 Å². The molecule has 0 aliphatic carbocycles. The molecular formula is C21H24N2O3. The van der Waals surface area contributed by atoms with E-state index in [2.05, 4.69) is 16.3 Å². The highest BCUT2D eigenvalue weighted by atomic mass is 16.5. The van der Waals surface area contributed by atoms with Crippen LogP contribution in [0, 0.1) is 5.92 Å². The zero-order valence-corrected chi connectivity index (χ0v) is 15.2. The fraction of sp³-hybridized carbons (Fsp3) is 0.381. The smallest absolute Gasteiger partial charge is 0.251 e. The van der Waals surface area contributed by atoms with Gasteiger partial charge in [0, 0.05) is 43.2 Å². The van der Waals surface area contributed by atoms with Gasteiger partial charge in [-0.25, -0.2) is 0 Å². The third kappa shape index (κ3) is 3.03. The number of benzene rings is 2. The number of fused-ring (bicyclic) bond motifs is 3. The summed E-state index contributed by atoms with van der Waals surface area (Å²) < 4.78 is 10.9. The number of nitrogens with zero attached hydrogens (tertiary/aromatic N) is 1. The van der Waals surface area contributed by atoms with Gasteiger partial charge in [-0.05, 0) is 35.7 Å². The van der Waals surface area contributed by atoms with E-state index in [0.717, 1.165) is 48.8 Å². The summed E-state index contributed by atoms with van der Waals surface area (Å²) in [5.41, 5.74) is 3.12. The molecule has 2 atom stereocenters. The predicted octanol–water partition coefficient (Wildman–Crippen LogP) is 2.66. The molecule has 0 radical (unpaired) electrons. The highest BCUT2D eigenvalue weighted by molar-refractivity contribution is 5.96. The normalized spacial score (nSPS) is 22.2. The molecule has 136 valence electrons. The Bertz CT molecular complexity index is 821. The molecule has 1 amide bonds. The number of carbonyl (C=O) groups excluding carboxylic acids is 1. The van der Waals surface area contributed by atoms with Gasteiger partial charge < -0.3 is 14.8 Å². The molecule has 4 rings (SSSR count). The van der Waals surface area contributed by atoms with Crippen LogP contribution in [0.25, 0.3) is 0 Å². The summed E-state index contributed by atoms with van der Waals surface area (Å²) in [4.78, 5) is 14.8. The number of likely N-dealkylation sites (tertiary alicyclic amines) is 1. The van der Waals surface area contributed by atoms with E-state index in [1.54, 1.807) is 14.2 Å². The molecule has 26 heavy (non-hydrogen) atoms. The second kappa shape index (κ2) is 7.00. The molecule has 2 aliphatic rings. The lowest BCUT2D eigenvalue weighted by Gasteiger charge is -2.19. The van der Waals surface area contributed by atoms with Crippen molar-refractivity contribution in [3.05, 3.63) is 59.2 Å². The van der Waals surface area contributed by atoms with E-state index in [0.29, 0.717) is 11.8 Å². The van der Waals surface area contributed by atoms with E-state index in [1.807, 2.05) is 36.4 Å². The second-order valence-electron chi connectivity index (χ2n) is 7.04. The van der Waals surface area contributed by atoms with Crippen molar-refractivity contribution in [3.8, 4) is 11.5 Å². The fourth-order valence-electron chi connectivity index (χ4n) is 4.24. The summed E-state index contributed by atoms with van der Waals surface area (Å²) in [6, 6.07) is 13.9. The standard InChI is InChI=1S/C21H24N2O3/c1-25-16-7-8-20(26-2)14(9-16)11-23-12-15-10-22-21(24)18-6-4-3-5-17(18)19(15)13-23/h3-9,15,19H,10-13H2,1-2H3,(H,22,24)/t15-,19-/m0/s1. The first-order valence-electron chi connectivity index (χ1n) is 9.00. The molecule has 2 heterocycles. The number of hydrogen-bond donors (Lipinski definition) is 1. The van der Waals surface area contributed by atoms with E-state index in [1.165, 1.54) is 5.56 Å². The van der Waals surface area contributed by atoms with Crippen LogP contribution < -0.4 is 14.8 Å². The van der Waals surface area contributed by atoms with Gasteiger partial charge in [0.1, 0.15) is 11.5 Å². The Balaban J connectivity index is 1.58. The number of nitrogens with one attached hydrogen (secondary N) is 1. The van der Waals surface area contributed by atoms with Gasteiger partial charge in [-0.2, -0.15) is 0 Å². The maximum Gasteiger partial charge on any atom is 0.251 e. The third-order valence-corrected chi connectivity index (χ3v) is 5.53. The number of rotatable bonds is 4.